The molecule has 1 heterocycles. The van der Waals surface area contributed by atoms with Gasteiger partial charge >= 0.3 is 0 Å². The maximum Gasteiger partial charge on any atom is 0.124 e. The third kappa shape index (κ3) is 6.00. The lowest BCUT2D eigenvalue weighted by molar-refractivity contribution is 0.148. The average Bonchev–Trinajstić information content (AvgIpc) is 2.89. The number of hydrogen-bond donors (Lipinski definition) is 1. The summed E-state index contributed by atoms with van der Waals surface area (Å²) < 4.78 is 5.92. The standard InChI is InChI=1S/C31H34N2O2/c1-23-19-31(35-18-17-34)28(22-33-16-7-6-9-24(33)2)20-27(23)15-14-26-12-8-13-29(30(26)21-32)25-10-4-3-5-11-25/h3-5,8,10-15,19-20,24,34H,6-7,9,16-18,22H2,1-2H3/b15-14+. The molecule has 0 saturated carbocycles. The van der Waals surface area contributed by atoms with Crippen molar-refractivity contribution in [3.8, 4) is 22.9 Å². The van der Waals surface area contributed by atoms with Gasteiger partial charge in [-0.2, -0.15) is 5.26 Å². The Bertz CT molecular complexity index is 1210. The Labute approximate surface area is 209 Å². The number of piperidine rings is 1. The molecular formula is C31H34N2O2. The van der Waals surface area contributed by atoms with Gasteiger partial charge in [-0.25, -0.2) is 0 Å². The Morgan fingerprint density at radius 2 is 1.86 bits per heavy atom. The molecule has 180 valence electrons. The van der Waals surface area contributed by atoms with Crippen molar-refractivity contribution in [3.05, 3.63) is 88.5 Å². The van der Waals surface area contributed by atoms with Gasteiger partial charge in [0, 0.05) is 23.7 Å². The van der Waals surface area contributed by atoms with Crippen molar-refractivity contribution in [2.75, 3.05) is 19.8 Å². The van der Waals surface area contributed by atoms with Crippen LogP contribution in [0.3, 0.4) is 0 Å². The highest BCUT2D eigenvalue weighted by atomic mass is 16.5. The van der Waals surface area contributed by atoms with Crippen molar-refractivity contribution in [2.45, 2.75) is 45.7 Å². The number of aryl methyl sites for hydroxylation is 1. The van der Waals surface area contributed by atoms with Gasteiger partial charge in [0.15, 0.2) is 0 Å². The van der Waals surface area contributed by atoms with Crippen LogP contribution in [-0.4, -0.2) is 35.8 Å². The van der Waals surface area contributed by atoms with Crippen LogP contribution in [0.25, 0.3) is 23.3 Å². The third-order valence-corrected chi connectivity index (χ3v) is 6.85. The van der Waals surface area contributed by atoms with E-state index in [-0.39, 0.29) is 13.2 Å². The predicted molar refractivity (Wildman–Crippen MR) is 143 cm³/mol. The lowest BCUT2D eigenvalue weighted by atomic mass is 9.95. The van der Waals surface area contributed by atoms with Crippen LogP contribution in [-0.2, 0) is 6.54 Å². The molecule has 4 rings (SSSR count). The smallest absolute Gasteiger partial charge is 0.124 e. The fourth-order valence-corrected chi connectivity index (χ4v) is 4.82. The van der Waals surface area contributed by atoms with E-state index in [1.807, 2.05) is 54.6 Å². The number of nitrogens with zero attached hydrogens (tertiary/aromatic N) is 2. The Kier molecular flexibility index (Phi) is 8.36. The van der Waals surface area contributed by atoms with Crippen LogP contribution in [0.2, 0.25) is 0 Å². The summed E-state index contributed by atoms with van der Waals surface area (Å²) in [5.74, 6) is 0.843. The van der Waals surface area contributed by atoms with Crippen LogP contribution < -0.4 is 4.74 Å². The number of benzene rings is 3. The quantitative estimate of drug-likeness (QED) is 0.388. The second-order valence-electron chi connectivity index (χ2n) is 9.28. The van der Waals surface area contributed by atoms with Crippen LogP contribution in [0.15, 0.2) is 60.7 Å². The summed E-state index contributed by atoms with van der Waals surface area (Å²) in [5.41, 5.74) is 6.91. The Balaban J connectivity index is 1.67. The molecule has 1 N–H and O–H groups in total. The van der Waals surface area contributed by atoms with Gasteiger partial charge in [0.1, 0.15) is 18.4 Å². The zero-order valence-corrected chi connectivity index (χ0v) is 20.7. The highest BCUT2D eigenvalue weighted by molar-refractivity contribution is 5.81. The first kappa shape index (κ1) is 24.7. The first-order valence-electron chi connectivity index (χ1n) is 12.5. The fraction of sp³-hybridized carbons (Fsp3) is 0.323. The summed E-state index contributed by atoms with van der Waals surface area (Å²) in [7, 11) is 0. The van der Waals surface area contributed by atoms with E-state index in [4.69, 9.17) is 4.74 Å². The van der Waals surface area contributed by atoms with Crippen LogP contribution in [0.4, 0.5) is 0 Å². The topological polar surface area (TPSA) is 56.5 Å². The van der Waals surface area contributed by atoms with Gasteiger partial charge in [-0.3, -0.25) is 4.90 Å². The molecule has 4 nitrogen and oxygen atoms in total. The molecule has 1 fully saturated rings. The SMILES string of the molecule is Cc1cc(OCCO)c(CN2CCCCC2C)cc1/C=C/c1cccc(-c2ccccc2)c1C#N. The molecule has 3 aromatic rings. The monoisotopic (exact) mass is 466 g/mol. The van der Waals surface area contributed by atoms with Crippen molar-refractivity contribution < 1.29 is 9.84 Å². The molecule has 0 aromatic heterocycles. The Hall–Kier alpha value is -3.39. The van der Waals surface area contributed by atoms with Crippen LogP contribution in [0.5, 0.6) is 5.75 Å². The zero-order chi connectivity index (χ0) is 24.6. The highest BCUT2D eigenvalue weighted by Gasteiger charge is 2.20. The maximum absolute atomic E-state index is 9.96. The van der Waals surface area contributed by atoms with Crippen LogP contribution in [0.1, 0.15) is 54.0 Å². The average molecular weight is 467 g/mol. The van der Waals surface area contributed by atoms with Gasteiger partial charge in [-0.05, 0) is 67.6 Å². The van der Waals surface area contributed by atoms with Crippen molar-refractivity contribution in [1.29, 1.82) is 5.26 Å². The van der Waals surface area contributed by atoms with E-state index < -0.39 is 0 Å². The molecular weight excluding hydrogens is 432 g/mol. The molecule has 0 aliphatic carbocycles. The van der Waals surface area contributed by atoms with E-state index >= 15 is 0 Å². The van der Waals surface area contributed by atoms with Gasteiger partial charge in [-0.15, -0.1) is 0 Å². The molecule has 1 aliphatic rings. The third-order valence-electron chi connectivity index (χ3n) is 6.85. The van der Waals surface area contributed by atoms with Gasteiger partial charge in [0.2, 0.25) is 0 Å². The van der Waals surface area contributed by atoms with E-state index in [0.29, 0.717) is 11.6 Å². The van der Waals surface area contributed by atoms with Crippen molar-refractivity contribution in [2.24, 2.45) is 0 Å². The van der Waals surface area contributed by atoms with Gasteiger partial charge < -0.3 is 9.84 Å². The summed E-state index contributed by atoms with van der Waals surface area (Å²) in [6, 6.07) is 23.3. The molecule has 1 aliphatic heterocycles. The van der Waals surface area contributed by atoms with E-state index in [9.17, 15) is 10.4 Å². The van der Waals surface area contributed by atoms with E-state index in [1.54, 1.807) is 0 Å². The minimum absolute atomic E-state index is 0.00501. The number of hydrogen-bond acceptors (Lipinski definition) is 4. The predicted octanol–water partition coefficient (Wildman–Crippen LogP) is 6.45. The van der Waals surface area contributed by atoms with Crippen LogP contribution in [0, 0.1) is 18.3 Å². The van der Waals surface area contributed by atoms with Crippen molar-refractivity contribution in [3.63, 3.8) is 0 Å². The summed E-state index contributed by atoms with van der Waals surface area (Å²) in [6.45, 7) is 6.58. The first-order chi connectivity index (χ1) is 17.1. The largest absolute Gasteiger partial charge is 0.491 e. The molecule has 35 heavy (non-hydrogen) atoms. The van der Waals surface area contributed by atoms with Crippen LogP contribution >= 0.6 is 0 Å². The number of aliphatic hydroxyl groups excluding tert-OH is 1. The van der Waals surface area contributed by atoms with E-state index in [2.05, 4.69) is 43.0 Å². The summed E-state index contributed by atoms with van der Waals surface area (Å²) in [5, 5.41) is 19.3. The normalized spacial score (nSPS) is 16.3. The number of ether oxygens (including phenoxy) is 1. The van der Waals surface area contributed by atoms with Gasteiger partial charge in [-0.1, -0.05) is 67.1 Å². The highest BCUT2D eigenvalue weighted by Crippen LogP contribution is 2.30. The number of likely N-dealkylation sites (tertiary alicyclic amines) is 1. The van der Waals surface area contributed by atoms with Crippen molar-refractivity contribution >= 4 is 12.2 Å². The molecule has 1 atom stereocenters. The van der Waals surface area contributed by atoms with Gasteiger partial charge in [0.05, 0.1) is 12.2 Å². The summed E-state index contributed by atoms with van der Waals surface area (Å²) in [6.07, 6.45) is 7.87. The second-order valence-corrected chi connectivity index (χ2v) is 9.28. The molecule has 0 spiro atoms. The zero-order valence-electron chi connectivity index (χ0n) is 20.7. The fourth-order valence-electron chi connectivity index (χ4n) is 4.82. The Morgan fingerprint density at radius 3 is 2.60 bits per heavy atom. The van der Waals surface area contributed by atoms with Gasteiger partial charge in [0.25, 0.3) is 0 Å². The number of rotatable bonds is 8. The first-order valence-corrected chi connectivity index (χ1v) is 12.5. The number of nitriles is 1. The Morgan fingerprint density at radius 1 is 1.06 bits per heavy atom. The lowest BCUT2D eigenvalue weighted by Crippen LogP contribution is -2.36. The minimum Gasteiger partial charge on any atom is -0.491 e. The van der Waals surface area contributed by atoms with E-state index in [1.165, 1.54) is 19.3 Å². The molecule has 1 saturated heterocycles. The number of aliphatic hydroxyl groups is 1. The molecule has 0 radical (unpaired) electrons. The molecule has 0 bridgehead atoms. The van der Waals surface area contributed by atoms with Crippen molar-refractivity contribution in [1.82, 2.24) is 4.90 Å². The lowest BCUT2D eigenvalue weighted by Gasteiger charge is -2.33. The second kappa shape index (κ2) is 11.8. The summed E-state index contributed by atoms with van der Waals surface area (Å²) >= 11 is 0. The molecule has 1 unspecified atom stereocenters. The molecule has 0 amide bonds. The minimum atomic E-state index is -0.00501. The summed E-state index contributed by atoms with van der Waals surface area (Å²) in [4.78, 5) is 2.52. The molecule has 3 aromatic carbocycles. The van der Waals surface area contributed by atoms with E-state index in [0.717, 1.165) is 52.2 Å². The molecule has 4 heteroatoms. The maximum atomic E-state index is 9.96.